The van der Waals surface area contributed by atoms with E-state index in [1.54, 1.807) is 0 Å². The zero-order valence-electron chi connectivity index (χ0n) is 7.92. The molecule has 0 aromatic heterocycles. The van der Waals surface area contributed by atoms with Crippen molar-refractivity contribution in [3.05, 3.63) is 35.9 Å². The van der Waals surface area contributed by atoms with Gasteiger partial charge < -0.3 is 11.1 Å². The van der Waals surface area contributed by atoms with Crippen LogP contribution in [0.2, 0.25) is 0 Å². The van der Waals surface area contributed by atoms with Crippen molar-refractivity contribution in [1.29, 1.82) is 0 Å². The maximum absolute atomic E-state index is 5.32. The van der Waals surface area contributed by atoms with E-state index in [0.29, 0.717) is 0 Å². The molecule has 0 amide bonds. The first-order valence-electron chi connectivity index (χ1n) is 3.96. The number of hydrogen-bond acceptors (Lipinski definition) is 2. The van der Waals surface area contributed by atoms with Crippen LogP contribution in [0.4, 0.5) is 0 Å². The highest BCUT2D eigenvalue weighted by molar-refractivity contribution is 8.93. The van der Waals surface area contributed by atoms with Gasteiger partial charge in [0.15, 0.2) is 5.11 Å². The van der Waals surface area contributed by atoms with E-state index in [1.165, 1.54) is 5.56 Å². The molecule has 0 saturated heterocycles. The first kappa shape index (κ1) is 17.6. The fourth-order valence-corrected chi connectivity index (χ4v) is 1.63. The zero-order valence-corrected chi connectivity index (χ0v) is 13.1. The number of hydrogen-bond donors (Lipinski definition) is 3. The Labute approximate surface area is 122 Å². The Balaban J connectivity index is 0. The zero-order chi connectivity index (χ0) is 9.68. The first-order chi connectivity index (χ1) is 6.18. The highest BCUT2D eigenvalue weighted by Crippen LogP contribution is 2.04. The summed E-state index contributed by atoms with van der Waals surface area (Å²) in [6.45, 7) is 0. The normalized spacial score (nSPS) is 10.5. The van der Waals surface area contributed by atoms with Crippen LogP contribution in [-0.2, 0) is 6.42 Å². The molecule has 0 spiro atoms. The number of rotatable bonds is 3. The summed E-state index contributed by atoms with van der Waals surface area (Å²) >= 11 is 9.01. The minimum absolute atomic E-state index is 0. The topological polar surface area (TPSA) is 38.0 Å². The fourth-order valence-electron chi connectivity index (χ4n) is 1.05. The van der Waals surface area contributed by atoms with E-state index in [1.807, 2.05) is 30.3 Å². The van der Waals surface area contributed by atoms with Crippen molar-refractivity contribution < 1.29 is 0 Å². The maximum atomic E-state index is 5.32. The molecule has 2 nitrogen and oxygen atoms in total. The summed E-state index contributed by atoms with van der Waals surface area (Å²) in [5, 5.41) is 3.14. The monoisotopic (exact) mass is 372 g/mol. The minimum Gasteiger partial charge on any atom is -0.376 e. The quantitative estimate of drug-likeness (QED) is 0.433. The van der Waals surface area contributed by atoms with Crippen LogP contribution in [0.15, 0.2) is 30.3 Å². The van der Waals surface area contributed by atoms with Gasteiger partial charge in [0.1, 0.15) is 0 Å². The van der Waals surface area contributed by atoms with Gasteiger partial charge in [-0.1, -0.05) is 30.3 Å². The van der Waals surface area contributed by atoms with Gasteiger partial charge in [0.05, 0.1) is 5.37 Å². The Bertz CT molecular complexity index is 283. The molecule has 0 fully saturated rings. The fraction of sp³-hybridized carbons (Fsp3) is 0.222. The third-order valence-corrected chi connectivity index (χ3v) is 2.01. The highest BCUT2D eigenvalue weighted by Gasteiger charge is 2.02. The van der Waals surface area contributed by atoms with Gasteiger partial charge in [0, 0.05) is 6.42 Å². The minimum atomic E-state index is -0.0140. The van der Waals surface area contributed by atoms with Gasteiger partial charge in [-0.25, -0.2) is 0 Å². The molecule has 1 unspecified atom stereocenters. The Hall–Kier alpha value is 0.220. The van der Waals surface area contributed by atoms with Crippen molar-refractivity contribution in [2.75, 3.05) is 0 Å². The van der Waals surface area contributed by atoms with Gasteiger partial charge in [-0.15, -0.1) is 34.0 Å². The van der Waals surface area contributed by atoms with Gasteiger partial charge >= 0.3 is 0 Å². The smallest absolute Gasteiger partial charge is 0.164 e. The van der Waals surface area contributed by atoms with Crippen molar-refractivity contribution in [2.45, 2.75) is 11.8 Å². The van der Waals surface area contributed by atoms with Crippen LogP contribution in [0.3, 0.4) is 0 Å². The first-order valence-corrected chi connectivity index (χ1v) is 4.89. The number of nitrogens with one attached hydrogen (secondary N) is 1. The van der Waals surface area contributed by atoms with Gasteiger partial charge in [0.25, 0.3) is 0 Å². The Morgan fingerprint density at radius 3 is 2.33 bits per heavy atom. The average Bonchev–Trinajstić information content (AvgIpc) is 2.04. The van der Waals surface area contributed by atoms with Gasteiger partial charge in [-0.3, -0.25) is 0 Å². The van der Waals surface area contributed by atoms with E-state index < -0.39 is 0 Å². The van der Waals surface area contributed by atoms with Crippen LogP contribution < -0.4 is 11.1 Å². The molecule has 1 aromatic rings. The molecular formula is C9H14Br2N2S2. The molecule has 1 rings (SSSR count). The molecule has 86 valence electrons. The van der Waals surface area contributed by atoms with Crippen LogP contribution in [0.5, 0.6) is 0 Å². The van der Waals surface area contributed by atoms with Gasteiger partial charge in [-0.05, 0) is 17.8 Å². The van der Waals surface area contributed by atoms with Crippen LogP contribution in [0.1, 0.15) is 5.56 Å². The van der Waals surface area contributed by atoms with Crippen LogP contribution in [-0.4, -0.2) is 10.5 Å². The summed E-state index contributed by atoms with van der Waals surface area (Å²) in [5.74, 6) is 0. The predicted octanol–water partition coefficient (Wildman–Crippen LogP) is 2.47. The number of benzene rings is 1. The van der Waals surface area contributed by atoms with Crippen molar-refractivity contribution >= 4 is 63.9 Å². The summed E-state index contributed by atoms with van der Waals surface area (Å²) in [5.41, 5.74) is 6.53. The maximum Gasteiger partial charge on any atom is 0.164 e. The molecular weight excluding hydrogens is 360 g/mol. The molecule has 0 aliphatic rings. The molecule has 0 heterocycles. The van der Waals surface area contributed by atoms with Gasteiger partial charge in [0.2, 0.25) is 0 Å². The van der Waals surface area contributed by atoms with E-state index in [9.17, 15) is 0 Å². The highest BCUT2D eigenvalue weighted by atomic mass is 79.9. The molecule has 15 heavy (non-hydrogen) atoms. The predicted molar refractivity (Wildman–Crippen MR) is 83.5 cm³/mol. The molecule has 6 heteroatoms. The van der Waals surface area contributed by atoms with Gasteiger partial charge in [-0.2, -0.15) is 12.6 Å². The third-order valence-electron chi connectivity index (χ3n) is 1.58. The number of nitrogens with two attached hydrogens (primary N) is 1. The Morgan fingerprint density at radius 2 is 1.87 bits per heavy atom. The average molecular weight is 374 g/mol. The number of halogens is 2. The third kappa shape index (κ3) is 8.07. The lowest BCUT2D eigenvalue weighted by atomic mass is 10.1. The van der Waals surface area contributed by atoms with E-state index in [2.05, 4.69) is 17.9 Å². The second-order valence-electron chi connectivity index (χ2n) is 2.71. The largest absolute Gasteiger partial charge is 0.376 e. The van der Waals surface area contributed by atoms with E-state index >= 15 is 0 Å². The van der Waals surface area contributed by atoms with E-state index in [4.69, 9.17) is 18.0 Å². The lowest BCUT2D eigenvalue weighted by Crippen LogP contribution is -2.36. The lowest BCUT2D eigenvalue weighted by Gasteiger charge is -2.12. The van der Waals surface area contributed by atoms with Crippen molar-refractivity contribution in [2.24, 2.45) is 5.73 Å². The summed E-state index contributed by atoms with van der Waals surface area (Å²) in [4.78, 5) is 0. The summed E-state index contributed by atoms with van der Waals surface area (Å²) in [6.07, 6.45) is 0.807. The van der Waals surface area contributed by atoms with Crippen molar-refractivity contribution in [3.63, 3.8) is 0 Å². The number of thiol groups is 1. The van der Waals surface area contributed by atoms with Crippen LogP contribution in [0.25, 0.3) is 0 Å². The molecule has 0 radical (unpaired) electrons. The van der Waals surface area contributed by atoms with Crippen LogP contribution >= 0.6 is 58.8 Å². The molecule has 0 saturated carbocycles. The molecule has 0 bridgehead atoms. The second-order valence-corrected chi connectivity index (χ2v) is 3.78. The van der Waals surface area contributed by atoms with Crippen molar-refractivity contribution in [1.82, 2.24) is 5.32 Å². The van der Waals surface area contributed by atoms with Crippen molar-refractivity contribution in [3.8, 4) is 0 Å². The molecule has 0 aliphatic carbocycles. The molecule has 1 atom stereocenters. The standard InChI is InChI=1S/C9H12N2S2.2BrH/c10-9(13)11-8(12)6-7-4-2-1-3-5-7;;/h1-5,8,12H,6H2,(H3,10,11,13);2*1H. The van der Waals surface area contributed by atoms with E-state index in [0.717, 1.165) is 6.42 Å². The SMILES string of the molecule is Br.Br.NC(=S)NC(S)Cc1ccccc1. The summed E-state index contributed by atoms with van der Waals surface area (Å²) < 4.78 is 0. The number of thiocarbonyl (C=S) groups is 1. The molecule has 1 aromatic carbocycles. The summed E-state index contributed by atoms with van der Waals surface area (Å²) in [7, 11) is 0. The Morgan fingerprint density at radius 1 is 1.33 bits per heavy atom. The summed E-state index contributed by atoms with van der Waals surface area (Å²) in [6, 6.07) is 10.1. The molecule has 3 N–H and O–H groups in total. The Kier molecular flexibility index (Phi) is 11.1. The lowest BCUT2D eigenvalue weighted by molar-refractivity contribution is 0.814. The van der Waals surface area contributed by atoms with Crippen LogP contribution in [0, 0.1) is 0 Å². The molecule has 0 aliphatic heterocycles. The second kappa shape index (κ2) is 9.45. The van der Waals surface area contributed by atoms with E-state index in [-0.39, 0.29) is 44.4 Å².